The van der Waals surface area contributed by atoms with E-state index in [1.54, 1.807) is 10.8 Å². The molecule has 1 N–H and O–H groups in total. The van der Waals surface area contributed by atoms with Crippen molar-refractivity contribution in [3.63, 3.8) is 0 Å². The minimum Gasteiger partial charge on any atom is -0.306 e. The van der Waals surface area contributed by atoms with Crippen LogP contribution in [0.1, 0.15) is 5.56 Å². The SMILES string of the molecule is Cc1ccc(NC(=O)n2cnc(SSc3ccccc3)n2)cc1. The van der Waals surface area contributed by atoms with Crippen molar-refractivity contribution in [2.45, 2.75) is 17.0 Å². The number of carbonyl (C=O) groups is 1. The van der Waals surface area contributed by atoms with Crippen LogP contribution in [0.5, 0.6) is 0 Å². The van der Waals surface area contributed by atoms with Gasteiger partial charge in [0.1, 0.15) is 6.33 Å². The van der Waals surface area contributed by atoms with Crippen molar-refractivity contribution in [3.05, 3.63) is 66.5 Å². The maximum Gasteiger partial charge on any atom is 0.348 e. The smallest absolute Gasteiger partial charge is 0.306 e. The Kier molecular flexibility index (Phi) is 4.99. The third-order valence-corrected chi connectivity index (χ3v) is 5.10. The van der Waals surface area contributed by atoms with Crippen LogP contribution < -0.4 is 5.32 Å². The monoisotopic (exact) mass is 342 g/mol. The summed E-state index contributed by atoms with van der Waals surface area (Å²) < 4.78 is 1.20. The summed E-state index contributed by atoms with van der Waals surface area (Å²) in [4.78, 5) is 17.4. The molecule has 0 atom stereocenters. The highest BCUT2D eigenvalue weighted by Gasteiger charge is 2.09. The summed E-state index contributed by atoms with van der Waals surface area (Å²) in [7, 11) is 2.96. The molecule has 7 heteroatoms. The molecule has 3 aromatic rings. The van der Waals surface area contributed by atoms with E-state index < -0.39 is 0 Å². The molecule has 1 heterocycles. The van der Waals surface area contributed by atoms with Gasteiger partial charge >= 0.3 is 6.03 Å². The molecule has 1 amide bonds. The summed E-state index contributed by atoms with van der Waals surface area (Å²) in [5.41, 5.74) is 1.87. The highest BCUT2D eigenvalue weighted by Crippen LogP contribution is 2.34. The summed E-state index contributed by atoms with van der Waals surface area (Å²) in [5.74, 6) is 0. The van der Waals surface area contributed by atoms with Crippen molar-refractivity contribution >= 4 is 33.3 Å². The second kappa shape index (κ2) is 7.34. The number of hydrogen-bond donors (Lipinski definition) is 1. The number of nitrogens with one attached hydrogen (secondary N) is 1. The van der Waals surface area contributed by atoms with Gasteiger partial charge in [0.05, 0.1) is 0 Å². The molecule has 0 aliphatic heterocycles. The Bertz CT molecular complexity index is 787. The van der Waals surface area contributed by atoms with Gasteiger partial charge in [-0.15, -0.1) is 5.10 Å². The van der Waals surface area contributed by atoms with E-state index in [0.717, 1.165) is 16.1 Å². The van der Waals surface area contributed by atoms with Crippen LogP contribution in [-0.2, 0) is 0 Å². The van der Waals surface area contributed by atoms with Crippen LogP contribution in [0.4, 0.5) is 10.5 Å². The third kappa shape index (κ3) is 4.37. The van der Waals surface area contributed by atoms with E-state index >= 15 is 0 Å². The molecule has 2 aromatic carbocycles. The molecule has 3 rings (SSSR count). The second-order valence-electron chi connectivity index (χ2n) is 4.75. The average Bonchev–Trinajstić information content (AvgIpc) is 3.05. The van der Waals surface area contributed by atoms with E-state index in [0.29, 0.717) is 5.16 Å². The lowest BCUT2D eigenvalue weighted by Gasteiger charge is -2.04. The zero-order chi connectivity index (χ0) is 16.1. The standard InChI is InChI=1S/C16H14N4OS2/c1-12-7-9-13(10-8-12)18-16(21)20-11-17-15(19-20)23-22-14-5-3-2-4-6-14/h2-11H,1H3,(H,18,21). The molecule has 0 bridgehead atoms. The van der Waals surface area contributed by atoms with Crippen molar-refractivity contribution in [2.24, 2.45) is 0 Å². The quantitative estimate of drug-likeness (QED) is 0.709. The van der Waals surface area contributed by atoms with Crippen LogP contribution >= 0.6 is 21.6 Å². The van der Waals surface area contributed by atoms with E-state index in [2.05, 4.69) is 15.4 Å². The number of amides is 1. The van der Waals surface area contributed by atoms with Gasteiger partial charge in [-0.1, -0.05) is 35.9 Å². The van der Waals surface area contributed by atoms with Crippen LogP contribution in [0.15, 0.2) is 71.0 Å². The van der Waals surface area contributed by atoms with E-state index in [1.165, 1.54) is 21.8 Å². The van der Waals surface area contributed by atoms with E-state index in [4.69, 9.17) is 0 Å². The molecular formula is C16H14N4OS2. The molecule has 0 unspecified atom stereocenters. The fourth-order valence-corrected chi connectivity index (χ4v) is 3.49. The molecule has 0 saturated carbocycles. The number of carbonyl (C=O) groups excluding carboxylic acids is 1. The van der Waals surface area contributed by atoms with Crippen molar-refractivity contribution in [2.75, 3.05) is 5.32 Å². The van der Waals surface area contributed by atoms with Crippen LogP contribution in [0.3, 0.4) is 0 Å². The van der Waals surface area contributed by atoms with E-state index in [1.807, 2.05) is 61.5 Å². The molecule has 1 aromatic heterocycles. The van der Waals surface area contributed by atoms with Crippen LogP contribution in [0.2, 0.25) is 0 Å². The Labute approximate surface area is 141 Å². The first-order chi connectivity index (χ1) is 11.2. The first-order valence-electron chi connectivity index (χ1n) is 6.90. The highest BCUT2D eigenvalue weighted by atomic mass is 33.1. The summed E-state index contributed by atoms with van der Waals surface area (Å²) in [6.07, 6.45) is 1.41. The summed E-state index contributed by atoms with van der Waals surface area (Å²) >= 11 is 0. The summed E-state index contributed by atoms with van der Waals surface area (Å²) in [5, 5.41) is 7.49. The first-order valence-corrected chi connectivity index (χ1v) is 9.05. The molecule has 0 saturated heterocycles. The Balaban J connectivity index is 1.59. The zero-order valence-electron chi connectivity index (χ0n) is 12.3. The maximum absolute atomic E-state index is 12.1. The van der Waals surface area contributed by atoms with E-state index in [-0.39, 0.29) is 6.03 Å². The van der Waals surface area contributed by atoms with Crippen molar-refractivity contribution in [1.82, 2.24) is 14.8 Å². The molecule has 5 nitrogen and oxygen atoms in total. The second-order valence-corrected chi connectivity index (χ2v) is 6.92. The lowest BCUT2D eigenvalue weighted by atomic mass is 10.2. The van der Waals surface area contributed by atoms with Crippen LogP contribution in [0.25, 0.3) is 0 Å². The van der Waals surface area contributed by atoms with Crippen LogP contribution in [0, 0.1) is 6.92 Å². The lowest BCUT2D eigenvalue weighted by molar-refractivity contribution is 0.250. The predicted octanol–water partition coefficient (Wildman–Crippen LogP) is 4.47. The molecule has 0 radical (unpaired) electrons. The van der Waals surface area contributed by atoms with Crippen molar-refractivity contribution in [3.8, 4) is 0 Å². The number of aromatic nitrogens is 3. The zero-order valence-corrected chi connectivity index (χ0v) is 14.0. The fourth-order valence-electron chi connectivity index (χ4n) is 1.76. The Morgan fingerprint density at radius 1 is 1.04 bits per heavy atom. The Morgan fingerprint density at radius 2 is 1.78 bits per heavy atom. The van der Waals surface area contributed by atoms with Crippen LogP contribution in [-0.4, -0.2) is 20.8 Å². The number of aryl methyl sites for hydroxylation is 1. The van der Waals surface area contributed by atoms with Gasteiger partial charge in [-0.25, -0.2) is 9.78 Å². The topological polar surface area (TPSA) is 59.8 Å². The Morgan fingerprint density at radius 3 is 2.52 bits per heavy atom. The molecule has 23 heavy (non-hydrogen) atoms. The lowest BCUT2D eigenvalue weighted by Crippen LogP contribution is -2.19. The highest BCUT2D eigenvalue weighted by molar-refractivity contribution is 8.76. The number of anilines is 1. The van der Waals surface area contributed by atoms with Gasteiger partial charge in [0, 0.05) is 10.6 Å². The van der Waals surface area contributed by atoms with Gasteiger partial charge in [0.15, 0.2) is 0 Å². The fraction of sp³-hybridized carbons (Fsp3) is 0.0625. The number of hydrogen-bond acceptors (Lipinski definition) is 5. The average molecular weight is 342 g/mol. The van der Waals surface area contributed by atoms with Gasteiger partial charge in [0.2, 0.25) is 5.16 Å². The molecule has 0 fully saturated rings. The largest absolute Gasteiger partial charge is 0.348 e. The van der Waals surface area contributed by atoms with Crippen molar-refractivity contribution < 1.29 is 4.79 Å². The molecular weight excluding hydrogens is 328 g/mol. The third-order valence-electron chi connectivity index (χ3n) is 2.94. The number of nitrogens with zero attached hydrogens (tertiary/aromatic N) is 3. The Hall–Kier alpha value is -2.25. The van der Waals surface area contributed by atoms with Gasteiger partial charge in [0.25, 0.3) is 0 Å². The summed E-state index contributed by atoms with van der Waals surface area (Å²) in [6.45, 7) is 2.00. The van der Waals surface area contributed by atoms with Gasteiger partial charge in [-0.2, -0.15) is 4.68 Å². The molecule has 116 valence electrons. The van der Waals surface area contributed by atoms with Gasteiger partial charge in [-0.3, -0.25) is 0 Å². The molecule has 0 spiro atoms. The first kappa shape index (κ1) is 15.6. The minimum absolute atomic E-state index is 0.335. The van der Waals surface area contributed by atoms with Gasteiger partial charge < -0.3 is 5.32 Å². The number of rotatable bonds is 4. The van der Waals surface area contributed by atoms with E-state index in [9.17, 15) is 4.79 Å². The maximum atomic E-state index is 12.1. The summed E-state index contributed by atoms with van der Waals surface area (Å²) in [6, 6.07) is 17.2. The minimum atomic E-state index is -0.335. The molecule has 0 aliphatic rings. The van der Waals surface area contributed by atoms with Crippen molar-refractivity contribution in [1.29, 1.82) is 0 Å². The molecule has 0 aliphatic carbocycles. The number of benzene rings is 2. The predicted molar refractivity (Wildman–Crippen MR) is 93.8 cm³/mol. The normalized spacial score (nSPS) is 10.5. The van der Waals surface area contributed by atoms with Gasteiger partial charge in [-0.05, 0) is 52.8 Å².